The van der Waals surface area contributed by atoms with Gasteiger partial charge in [-0.05, 0) is 152 Å². The Kier molecular flexibility index (Phi) is 8.75. The summed E-state index contributed by atoms with van der Waals surface area (Å²) in [6.45, 7) is 4.87. The third-order valence-electron chi connectivity index (χ3n) is 17.0. The molecule has 0 aliphatic heterocycles. The predicted molar refractivity (Wildman–Crippen MR) is 328 cm³/mol. The highest BCUT2D eigenvalue weighted by Gasteiger charge is 2.39. The van der Waals surface area contributed by atoms with Crippen molar-refractivity contribution in [1.82, 2.24) is 14.1 Å². The van der Waals surface area contributed by atoms with Crippen LogP contribution in [0.1, 0.15) is 25.0 Å². The van der Waals surface area contributed by atoms with Crippen LogP contribution in [-0.2, 0) is 5.41 Å². The van der Waals surface area contributed by atoms with Crippen LogP contribution in [0.5, 0.6) is 0 Å². The van der Waals surface area contributed by atoms with Crippen LogP contribution >= 0.6 is 11.3 Å². The Balaban J connectivity index is 0.942. The fourth-order valence-electron chi connectivity index (χ4n) is 13.6. The van der Waals surface area contributed by atoms with E-state index < -0.39 is 0 Å². The molecular weight excluding hydrogens is 953 g/mol. The van der Waals surface area contributed by atoms with Gasteiger partial charge in [0.05, 0.1) is 27.6 Å². The molecule has 12 aromatic carbocycles. The van der Waals surface area contributed by atoms with E-state index in [-0.39, 0.29) is 5.41 Å². The van der Waals surface area contributed by atoms with E-state index in [4.69, 9.17) is 4.98 Å². The van der Waals surface area contributed by atoms with Crippen molar-refractivity contribution in [2.45, 2.75) is 19.3 Å². The van der Waals surface area contributed by atoms with Crippen LogP contribution in [0.2, 0.25) is 0 Å². The Labute approximate surface area is 447 Å². The number of hydrogen-bond donors (Lipinski definition) is 0. The Bertz CT molecular complexity index is 5170. The van der Waals surface area contributed by atoms with Gasteiger partial charge in [0.25, 0.3) is 0 Å². The van der Waals surface area contributed by atoms with E-state index in [9.17, 15) is 0 Å². The largest absolute Gasteiger partial charge is 0.310 e. The number of aromatic nitrogens is 3. The number of fused-ring (bicyclic) bond motifs is 20. The van der Waals surface area contributed by atoms with Crippen LogP contribution in [0.4, 0.5) is 17.1 Å². The maximum absolute atomic E-state index is 5.54. The van der Waals surface area contributed by atoms with E-state index in [1.165, 1.54) is 113 Å². The summed E-state index contributed by atoms with van der Waals surface area (Å²) in [5.74, 6) is 0.897. The topological polar surface area (TPSA) is 26.0 Å². The molecule has 360 valence electrons. The summed E-state index contributed by atoms with van der Waals surface area (Å²) in [7, 11) is 0. The summed E-state index contributed by atoms with van der Waals surface area (Å²) in [4.78, 5) is 8.00. The van der Waals surface area contributed by atoms with Gasteiger partial charge in [-0.15, -0.1) is 11.3 Å². The van der Waals surface area contributed by atoms with Gasteiger partial charge in [0.1, 0.15) is 5.82 Å². The van der Waals surface area contributed by atoms with Crippen molar-refractivity contribution < 1.29 is 0 Å². The van der Waals surface area contributed by atoms with Gasteiger partial charge in [-0.25, -0.2) is 4.98 Å². The Morgan fingerprint density at radius 1 is 0.377 bits per heavy atom. The van der Waals surface area contributed by atoms with Crippen LogP contribution in [0, 0.1) is 0 Å². The van der Waals surface area contributed by atoms with Crippen LogP contribution in [-0.4, -0.2) is 14.1 Å². The molecule has 16 aromatic rings. The van der Waals surface area contributed by atoms with E-state index in [1.54, 1.807) is 0 Å². The molecule has 0 radical (unpaired) electrons. The molecule has 0 fully saturated rings. The van der Waals surface area contributed by atoms with Gasteiger partial charge in [-0.1, -0.05) is 159 Å². The Morgan fingerprint density at radius 2 is 0.961 bits per heavy atom. The average molecular weight is 999 g/mol. The predicted octanol–water partition coefficient (Wildman–Crippen LogP) is 20.0. The zero-order valence-electron chi connectivity index (χ0n) is 42.3. The maximum Gasteiger partial charge on any atom is 0.138 e. The fourth-order valence-corrected chi connectivity index (χ4v) is 14.7. The van der Waals surface area contributed by atoms with Crippen molar-refractivity contribution in [2.24, 2.45) is 0 Å². The second-order valence-electron chi connectivity index (χ2n) is 21.4. The molecule has 1 aliphatic rings. The molecule has 4 aromatic heterocycles. The van der Waals surface area contributed by atoms with Crippen LogP contribution in [0.25, 0.3) is 130 Å². The van der Waals surface area contributed by atoms with Gasteiger partial charge in [0, 0.05) is 75.3 Å². The van der Waals surface area contributed by atoms with E-state index in [0.717, 1.165) is 45.0 Å². The quantitative estimate of drug-likeness (QED) is 0.161. The maximum atomic E-state index is 5.54. The standard InChI is InChI=1S/C72H46N4S/c1-72(2)62-42-59-51-22-7-5-20-49(51)48-19-4-6-21-50(48)58(59)41-60(62)56-34-35-57-54-33-31-47(40-66(54)76(71(57)70(56)72)69-37-30-43-16-3-11-26-63(43)73-69)74(46-32-36-68-61(39-46)55-25-10-14-29-67(55)77-68)44-17-15-18-45(38-44)75-64-27-12-8-23-52(64)53-24-9-13-28-65(53)75/h3-42H,1-2H3. The second kappa shape index (κ2) is 15.7. The highest BCUT2D eigenvalue weighted by molar-refractivity contribution is 7.25. The lowest BCUT2D eigenvalue weighted by molar-refractivity contribution is 0.664. The Hall–Kier alpha value is -9.55. The Morgan fingerprint density at radius 3 is 1.73 bits per heavy atom. The van der Waals surface area contributed by atoms with Gasteiger partial charge in [-0.3, -0.25) is 4.57 Å². The molecule has 0 saturated carbocycles. The molecule has 77 heavy (non-hydrogen) atoms. The van der Waals surface area contributed by atoms with Crippen LogP contribution in [0.3, 0.4) is 0 Å². The number of benzene rings is 12. The van der Waals surface area contributed by atoms with Crippen molar-refractivity contribution in [3.63, 3.8) is 0 Å². The number of pyridine rings is 1. The highest BCUT2D eigenvalue weighted by Crippen LogP contribution is 2.55. The molecule has 0 spiro atoms. The van der Waals surface area contributed by atoms with E-state index in [1.807, 2.05) is 11.3 Å². The van der Waals surface area contributed by atoms with Crippen molar-refractivity contribution in [1.29, 1.82) is 0 Å². The van der Waals surface area contributed by atoms with Crippen molar-refractivity contribution in [2.75, 3.05) is 4.90 Å². The lowest BCUT2D eigenvalue weighted by Crippen LogP contribution is -2.17. The number of rotatable bonds is 5. The molecule has 1 aliphatic carbocycles. The monoisotopic (exact) mass is 998 g/mol. The van der Waals surface area contributed by atoms with Gasteiger partial charge in [0.2, 0.25) is 0 Å². The molecule has 0 saturated heterocycles. The number of hydrogen-bond acceptors (Lipinski definition) is 3. The first-order chi connectivity index (χ1) is 37.9. The second-order valence-corrected chi connectivity index (χ2v) is 22.5. The smallest absolute Gasteiger partial charge is 0.138 e. The zero-order valence-corrected chi connectivity index (χ0v) is 43.1. The summed E-state index contributed by atoms with van der Waals surface area (Å²) in [6, 6.07) is 90.2. The molecule has 4 nitrogen and oxygen atoms in total. The molecule has 0 bridgehead atoms. The molecule has 0 amide bonds. The summed E-state index contributed by atoms with van der Waals surface area (Å²) < 4.78 is 7.47. The molecule has 5 heteroatoms. The SMILES string of the molecule is CC1(C)c2cc3c4ccccc4c4ccccc4c3cc2-c2ccc3c4ccc(N(c5cccc(-n6c7ccccc7c7ccccc76)c5)c5ccc6sc7ccccc7c6c5)cc4n(-c4ccc5ccccc5n4)c3c21. The summed E-state index contributed by atoms with van der Waals surface area (Å²) in [5, 5.41) is 16.3. The van der Waals surface area contributed by atoms with E-state index >= 15 is 0 Å². The number of anilines is 3. The molecule has 0 N–H and O–H groups in total. The minimum absolute atomic E-state index is 0.352. The van der Waals surface area contributed by atoms with Gasteiger partial charge in [-0.2, -0.15) is 0 Å². The van der Waals surface area contributed by atoms with Gasteiger partial charge >= 0.3 is 0 Å². The van der Waals surface area contributed by atoms with Gasteiger partial charge < -0.3 is 9.47 Å². The average Bonchev–Trinajstić information content (AvgIpc) is 4.35. The van der Waals surface area contributed by atoms with E-state index in [2.05, 4.69) is 271 Å². The molecule has 0 unspecified atom stereocenters. The van der Waals surface area contributed by atoms with Gasteiger partial charge in [0.15, 0.2) is 0 Å². The van der Waals surface area contributed by atoms with Crippen LogP contribution < -0.4 is 4.90 Å². The lowest BCUT2D eigenvalue weighted by atomic mass is 9.80. The molecular formula is C72H46N4S. The molecule has 0 atom stereocenters. The summed E-state index contributed by atoms with van der Waals surface area (Å²) in [6.07, 6.45) is 0. The molecule has 17 rings (SSSR count). The number of para-hydroxylation sites is 3. The first-order valence-electron chi connectivity index (χ1n) is 26.6. The normalized spacial score (nSPS) is 13.2. The van der Waals surface area contributed by atoms with E-state index in [0.29, 0.717) is 0 Å². The van der Waals surface area contributed by atoms with Crippen molar-refractivity contribution in [3.8, 4) is 22.6 Å². The van der Waals surface area contributed by atoms with Crippen LogP contribution in [0.15, 0.2) is 243 Å². The minimum Gasteiger partial charge on any atom is -0.310 e. The number of nitrogens with zero attached hydrogens (tertiary/aromatic N) is 4. The van der Waals surface area contributed by atoms with Crippen molar-refractivity contribution >= 4 is 135 Å². The first-order valence-corrected chi connectivity index (χ1v) is 27.4. The fraction of sp³-hybridized carbons (Fsp3) is 0.0417. The third-order valence-corrected chi connectivity index (χ3v) is 18.2. The van der Waals surface area contributed by atoms with Crippen molar-refractivity contribution in [3.05, 3.63) is 254 Å². The first kappa shape index (κ1) is 42.8. The molecule has 4 heterocycles. The third kappa shape index (κ3) is 6.00. The number of thiophene rings is 1. The summed E-state index contributed by atoms with van der Waals surface area (Å²) in [5.41, 5.74) is 14.9. The highest BCUT2D eigenvalue weighted by atomic mass is 32.1. The minimum atomic E-state index is -0.352. The summed E-state index contributed by atoms with van der Waals surface area (Å²) >= 11 is 1.86. The zero-order chi connectivity index (χ0) is 50.7. The lowest BCUT2D eigenvalue weighted by Gasteiger charge is -2.27.